The second-order valence-corrected chi connectivity index (χ2v) is 2.41. The first-order chi connectivity index (χ1) is 4.83. The summed E-state index contributed by atoms with van der Waals surface area (Å²) >= 11 is 0. The van der Waals surface area contributed by atoms with Crippen LogP contribution in [0.1, 0.15) is 13.3 Å². The van der Waals surface area contributed by atoms with Crippen molar-refractivity contribution in [1.82, 2.24) is 0 Å². The average Bonchev–Trinajstić information content (AvgIpc) is 1.95. The Labute approximate surface area is 60.8 Å². The predicted molar refractivity (Wildman–Crippen MR) is 39.5 cm³/mol. The molecule has 0 aliphatic carbocycles. The van der Waals surface area contributed by atoms with Gasteiger partial charge in [-0.2, -0.15) is 0 Å². The number of aliphatic hydroxyl groups excluding tert-OH is 1. The maximum absolute atomic E-state index is 8.54. The highest BCUT2D eigenvalue weighted by molar-refractivity contribution is 5.17. The smallest absolute Gasteiger partial charge is 0.109 e. The topological polar surface area (TPSA) is 29.5 Å². The second kappa shape index (κ2) is 3.42. The minimum atomic E-state index is 0.165. The molecule has 1 rings (SSSR count). The van der Waals surface area contributed by atoms with Gasteiger partial charge in [0.25, 0.3) is 0 Å². The van der Waals surface area contributed by atoms with Gasteiger partial charge in [0, 0.05) is 6.42 Å². The molecule has 0 aromatic rings. The quantitative estimate of drug-likeness (QED) is 0.625. The van der Waals surface area contributed by atoms with Crippen LogP contribution in [0, 0.1) is 0 Å². The predicted octanol–water partition coefficient (Wildman–Crippen LogP) is 1.23. The zero-order valence-electron chi connectivity index (χ0n) is 6.13. The molecule has 1 aliphatic rings. The molecule has 56 valence electrons. The van der Waals surface area contributed by atoms with E-state index in [1.54, 1.807) is 0 Å². The monoisotopic (exact) mass is 140 g/mol. The number of aliphatic hydroxyl groups is 1. The number of hydrogen-bond donors (Lipinski definition) is 1. The van der Waals surface area contributed by atoms with Crippen molar-refractivity contribution in [1.29, 1.82) is 0 Å². The first kappa shape index (κ1) is 7.35. The fourth-order valence-electron chi connectivity index (χ4n) is 0.804. The minimum Gasteiger partial charge on any atom is -0.494 e. The molecule has 0 fully saturated rings. The standard InChI is InChI=1S/C8H12O2/c1-7-2-3-8(4-5-9)10-6-7/h2-3,9H,4-6H2,1H3. The molecule has 0 aromatic carbocycles. The Morgan fingerprint density at radius 2 is 2.40 bits per heavy atom. The normalized spacial score (nSPS) is 17.4. The Morgan fingerprint density at radius 3 is 2.90 bits per heavy atom. The van der Waals surface area contributed by atoms with E-state index in [4.69, 9.17) is 9.84 Å². The van der Waals surface area contributed by atoms with E-state index >= 15 is 0 Å². The fourth-order valence-corrected chi connectivity index (χ4v) is 0.804. The summed E-state index contributed by atoms with van der Waals surface area (Å²) in [4.78, 5) is 0. The van der Waals surface area contributed by atoms with Crippen molar-refractivity contribution >= 4 is 0 Å². The van der Waals surface area contributed by atoms with Gasteiger partial charge in [-0.3, -0.25) is 0 Å². The van der Waals surface area contributed by atoms with Crippen molar-refractivity contribution in [3.63, 3.8) is 0 Å². The number of allylic oxidation sites excluding steroid dienone is 2. The van der Waals surface area contributed by atoms with Gasteiger partial charge in [0.2, 0.25) is 0 Å². The molecule has 10 heavy (non-hydrogen) atoms. The third kappa shape index (κ3) is 1.88. The first-order valence-corrected chi connectivity index (χ1v) is 3.43. The Morgan fingerprint density at radius 1 is 1.60 bits per heavy atom. The molecule has 1 N–H and O–H groups in total. The van der Waals surface area contributed by atoms with Crippen LogP contribution in [0.15, 0.2) is 23.5 Å². The Kier molecular flexibility index (Phi) is 2.51. The van der Waals surface area contributed by atoms with Gasteiger partial charge >= 0.3 is 0 Å². The third-order valence-corrected chi connectivity index (χ3v) is 1.40. The van der Waals surface area contributed by atoms with Crippen LogP contribution < -0.4 is 0 Å². The Bertz CT molecular complexity index is 164. The van der Waals surface area contributed by atoms with Gasteiger partial charge in [0.05, 0.1) is 12.4 Å². The van der Waals surface area contributed by atoms with Gasteiger partial charge in [0.1, 0.15) is 6.61 Å². The fraction of sp³-hybridized carbons (Fsp3) is 0.500. The minimum absolute atomic E-state index is 0.165. The van der Waals surface area contributed by atoms with Gasteiger partial charge in [-0.05, 0) is 18.6 Å². The summed E-state index contributed by atoms with van der Waals surface area (Å²) in [7, 11) is 0. The molecule has 0 saturated heterocycles. The zero-order valence-corrected chi connectivity index (χ0v) is 6.13. The van der Waals surface area contributed by atoms with Crippen LogP contribution in [0.3, 0.4) is 0 Å². The molecule has 0 spiro atoms. The lowest BCUT2D eigenvalue weighted by Crippen LogP contribution is -2.02. The van der Waals surface area contributed by atoms with E-state index in [9.17, 15) is 0 Å². The maximum atomic E-state index is 8.54. The number of hydrogen-bond acceptors (Lipinski definition) is 2. The van der Waals surface area contributed by atoms with E-state index in [0.717, 1.165) is 5.76 Å². The van der Waals surface area contributed by atoms with Crippen molar-refractivity contribution in [2.45, 2.75) is 13.3 Å². The van der Waals surface area contributed by atoms with Crippen molar-refractivity contribution < 1.29 is 9.84 Å². The molecule has 1 heterocycles. The van der Waals surface area contributed by atoms with Gasteiger partial charge in [-0.15, -0.1) is 0 Å². The summed E-state index contributed by atoms with van der Waals surface area (Å²) < 4.78 is 5.26. The third-order valence-electron chi connectivity index (χ3n) is 1.40. The molecule has 2 nitrogen and oxygen atoms in total. The van der Waals surface area contributed by atoms with Gasteiger partial charge in [-0.1, -0.05) is 6.08 Å². The van der Waals surface area contributed by atoms with E-state index in [1.165, 1.54) is 5.57 Å². The molecule has 0 amide bonds. The van der Waals surface area contributed by atoms with E-state index in [0.29, 0.717) is 13.0 Å². The van der Waals surface area contributed by atoms with Crippen LogP contribution >= 0.6 is 0 Å². The Hall–Kier alpha value is -0.760. The molecule has 0 unspecified atom stereocenters. The summed E-state index contributed by atoms with van der Waals surface area (Å²) in [5.74, 6) is 0.883. The van der Waals surface area contributed by atoms with Crippen LogP contribution in [-0.2, 0) is 4.74 Å². The van der Waals surface area contributed by atoms with Gasteiger partial charge < -0.3 is 9.84 Å². The zero-order chi connectivity index (χ0) is 7.40. The summed E-state index contributed by atoms with van der Waals surface area (Å²) in [5.41, 5.74) is 1.22. The average molecular weight is 140 g/mol. The lowest BCUT2D eigenvalue weighted by atomic mass is 10.2. The molecule has 1 aliphatic heterocycles. The lowest BCUT2D eigenvalue weighted by molar-refractivity contribution is 0.198. The van der Waals surface area contributed by atoms with Crippen LogP contribution in [0.5, 0.6) is 0 Å². The highest BCUT2D eigenvalue weighted by Gasteiger charge is 2.01. The molecule has 0 bridgehead atoms. The molecule has 0 aromatic heterocycles. The summed E-state index contributed by atoms with van der Waals surface area (Å²) in [6.07, 6.45) is 4.56. The van der Waals surface area contributed by atoms with Crippen molar-refractivity contribution in [2.24, 2.45) is 0 Å². The second-order valence-electron chi connectivity index (χ2n) is 2.41. The van der Waals surface area contributed by atoms with Crippen LogP contribution in [0.4, 0.5) is 0 Å². The summed E-state index contributed by atoms with van der Waals surface area (Å²) in [6.45, 7) is 2.86. The van der Waals surface area contributed by atoms with E-state index in [2.05, 4.69) is 0 Å². The SMILES string of the molecule is CC1=CC=C(CCO)OC1. The van der Waals surface area contributed by atoms with Crippen molar-refractivity contribution in [3.8, 4) is 0 Å². The molecule has 0 radical (unpaired) electrons. The summed E-state index contributed by atoms with van der Waals surface area (Å²) in [5, 5.41) is 8.54. The highest BCUT2D eigenvalue weighted by Crippen LogP contribution is 2.11. The van der Waals surface area contributed by atoms with Crippen LogP contribution in [-0.4, -0.2) is 18.3 Å². The van der Waals surface area contributed by atoms with Crippen molar-refractivity contribution in [2.75, 3.05) is 13.2 Å². The highest BCUT2D eigenvalue weighted by atomic mass is 16.5. The van der Waals surface area contributed by atoms with Gasteiger partial charge in [0.15, 0.2) is 0 Å². The van der Waals surface area contributed by atoms with Crippen LogP contribution in [0.25, 0.3) is 0 Å². The molecule has 2 heteroatoms. The maximum Gasteiger partial charge on any atom is 0.109 e. The van der Waals surface area contributed by atoms with E-state index < -0.39 is 0 Å². The molecular weight excluding hydrogens is 128 g/mol. The van der Waals surface area contributed by atoms with Crippen molar-refractivity contribution in [3.05, 3.63) is 23.5 Å². The summed E-state index contributed by atoms with van der Waals surface area (Å²) in [6, 6.07) is 0. The van der Waals surface area contributed by atoms with Crippen LogP contribution in [0.2, 0.25) is 0 Å². The van der Waals surface area contributed by atoms with E-state index in [-0.39, 0.29) is 6.61 Å². The van der Waals surface area contributed by atoms with E-state index in [1.807, 2.05) is 19.1 Å². The molecule has 0 saturated carbocycles. The largest absolute Gasteiger partial charge is 0.494 e. The lowest BCUT2D eigenvalue weighted by Gasteiger charge is -2.12. The number of ether oxygens (including phenoxy) is 1. The number of rotatable bonds is 2. The Balaban J connectivity index is 2.47. The molecule has 0 atom stereocenters. The first-order valence-electron chi connectivity index (χ1n) is 3.43. The van der Waals surface area contributed by atoms with Gasteiger partial charge in [-0.25, -0.2) is 0 Å². The molecular formula is C8H12O2.